The van der Waals surface area contributed by atoms with Crippen molar-refractivity contribution in [1.82, 2.24) is 20.0 Å². The number of nitrogens with one attached hydrogen (secondary N) is 1. The summed E-state index contributed by atoms with van der Waals surface area (Å²) in [5.41, 5.74) is 2.05. The molecule has 1 aliphatic carbocycles. The maximum atomic E-state index is 4.34. The standard InChI is InChI=1S/C17H30N4/c1-16(2,3)15-12-21(11-14-9-19-20(4)10-14)17(13-18-15)7-5-6-8-17/h9-10,15,18H,5-8,11-13H2,1-4H3. The van der Waals surface area contributed by atoms with E-state index in [9.17, 15) is 0 Å². The van der Waals surface area contributed by atoms with Gasteiger partial charge >= 0.3 is 0 Å². The van der Waals surface area contributed by atoms with Gasteiger partial charge in [0.2, 0.25) is 0 Å². The summed E-state index contributed by atoms with van der Waals surface area (Å²) >= 11 is 0. The second-order valence-corrected chi connectivity index (χ2v) is 8.13. The van der Waals surface area contributed by atoms with Crippen LogP contribution in [0.3, 0.4) is 0 Å². The Morgan fingerprint density at radius 1 is 1.33 bits per heavy atom. The van der Waals surface area contributed by atoms with Gasteiger partial charge in [-0.2, -0.15) is 5.10 Å². The molecule has 21 heavy (non-hydrogen) atoms. The topological polar surface area (TPSA) is 33.1 Å². The molecule has 4 heteroatoms. The van der Waals surface area contributed by atoms with E-state index in [1.54, 1.807) is 0 Å². The molecular weight excluding hydrogens is 260 g/mol. The van der Waals surface area contributed by atoms with E-state index >= 15 is 0 Å². The van der Waals surface area contributed by atoms with E-state index in [4.69, 9.17) is 0 Å². The SMILES string of the molecule is Cn1cc(CN2CC(C(C)(C)C)NCC23CCCC3)cn1. The average molecular weight is 290 g/mol. The zero-order valence-electron chi connectivity index (χ0n) is 14.0. The molecule has 4 nitrogen and oxygen atoms in total. The van der Waals surface area contributed by atoms with Crippen LogP contribution in [-0.4, -0.2) is 39.4 Å². The lowest BCUT2D eigenvalue weighted by atomic mass is 9.81. The van der Waals surface area contributed by atoms with Crippen LogP contribution in [0, 0.1) is 5.41 Å². The van der Waals surface area contributed by atoms with Crippen LogP contribution < -0.4 is 5.32 Å². The number of aromatic nitrogens is 2. The molecule has 1 atom stereocenters. The zero-order chi connectivity index (χ0) is 15.1. The van der Waals surface area contributed by atoms with Gasteiger partial charge < -0.3 is 5.32 Å². The van der Waals surface area contributed by atoms with Crippen molar-refractivity contribution in [1.29, 1.82) is 0 Å². The van der Waals surface area contributed by atoms with Crippen molar-refractivity contribution in [2.75, 3.05) is 13.1 Å². The van der Waals surface area contributed by atoms with Crippen molar-refractivity contribution < 1.29 is 0 Å². The van der Waals surface area contributed by atoms with Crippen LogP contribution in [0.4, 0.5) is 0 Å². The lowest BCUT2D eigenvalue weighted by molar-refractivity contribution is 0.0107. The Labute approximate surface area is 128 Å². The van der Waals surface area contributed by atoms with E-state index in [1.807, 2.05) is 17.9 Å². The van der Waals surface area contributed by atoms with Crippen molar-refractivity contribution in [3.05, 3.63) is 18.0 Å². The molecule has 2 fully saturated rings. The summed E-state index contributed by atoms with van der Waals surface area (Å²) in [6, 6.07) is 0.570. The Kier molecular flexibility index (Phi) is 3.87. The van der Waals surface area contributed by atoms with E-state index in [0.29, 0.717) is 17.0 Å². The smallest absolute Gasteiger partial charge is 0.0534 e. The fraction of sp³-hybridized carbons (Fsp3) is 0.824. The Hall–Kier alpha value is -0.870. The van der Waals surface area contributed by atoms with Crippen molar-refractivity contribution in [2.45, 2.75) is 64.6 Å². The molecule has 0 bridgehead atoms. The number of rotatable bonds is 2. The quantitative estimate of drug-likeness (QED) is 0.909. The van der Waals surface area contributed by atoms with Gasteiger partial charge in [-0.1, -0.05) is 33.6 Å². The van der Waals surface area contributed by atoms with Gasteiger partial charge in [-0.05, 0) is 18.3 Å². The minimum Gasteiger partial charge on any atom is -0.310 e. The van der Waals surface area contributed by atoms with Gasteiger partial charge in [0, 0.05) is 50.0 Å². The summed E-state index contributed by atoms with van der Waals surface area (Å²) in [7, 11) is 2.00. The first-order valence-electron chi connectivity index (χ1n) is 8.35. The third-order valence-electron chi connectivity index (χ3n) is 5.46. The first-order valence-corrected chi connectivity index (χ1v) is 8.35. The monoisotopic (exact) mass is 290 g/mol. The minimum absolute atomic E-state index is 0.313. The predicted octanol–water partition coefficient (Wildman–Crippen LogP) is 2.55. The zero-order valence-corrected chi connectivity index (χ0v) is 14.0. The van der Waals surface area contributed by atoms with E-state index < -0.39 is 0 Å². The van der Waals surface area contributed by atoms with Crippen LogP contribution in [0.15, 0.2) is 12.4 Å². The van der Waals surface area contributed by atoms with E-state index in [-0.39, 0.29) is 0 Å². The number of nitrogens with zero attached hydrogens (tertiary/aromatic N) is 3. The fourth-order valence-corrected chi connectivity index (χ4v) is 4.02. The molecule has 2 aliphatic rings. The maximum Gasteiger partial charge on any atom is 0.0534 e. The van der Waals surface area contributed by atoms with Crippen LogP contribution in [0.5, 0.6) is 0 Å². The summed E-state index contributed by atoms with van der Waals surface area (Å²) in [6.45, 7) is 10.4. The highest BCUT2D eigenvalue weighted by atomic mass is 15.3. The normalized spacial score (nSPS) is 26.6. The number of aryl methyl sites for hydroxylation is 1. The van der Waals surface area contributed by atoms with Crippen molar-refractivity contribution in [2.24, 2.45) is 12.5 Å². The summed E-state index contributed by atoms with van der Waals surface area (Å²) in [5, 5.41) is 8.19. The number of hydrogen-bond acceptors (Lipinski definition) is 3. The Balaban J connectivity index is 1.79. The molecule has 3 rings (SSSR count). The first kappa shape index (κ1) is 15.0. The van der Waals surface area contributed by atoms with Crippen molar-refractivity contribution in [3.8, 4) is 0 Å². The third kappa shape index (κ3) is 3.02. The second kappa shape index (κ2) is 5.40. The van der Waals surface area contributed by atoms with Crippen LogP contribution in [0.1, 0.15) is 52.0 Å². The van der Waals surface area contributed by atoms with Gasteiger partial charge in [0.05, 0.1) is 6.20 Å². The lowest BCUT2D eigenvalue weighted by Gasteiger charge is -2.51. The molecule has 1 aliphatic heterocycles. The molecular formula is C17H30N4. The van der Waals surface area contributed by atoms with Gasteiger partial charge in [-0.25, -0.2) is 0 Å². The largest absolute Gasteiger partial charge is 0.310 e. The van der Waals surface area contributed by atoms with E-state index in [1.165, 1.54) is 31.2 Å². The van der Waals surface area contributed by atoms with E-state index in [0.717, 1.165) is 19.6 Å². The fourth-order valence-electron chi connectivity index (χ4n) is 4.02. The van der Waals surface area contributed by atoms with Gasteiger partial charge in [-0.15, -0.1) is 0 Å². The molecule has 0 aromatic carbocycles. The summed E-state index contributed by atoms with van der Waals surface area (Å²) in [4.78, 5) is 2.75. The molecule has 1 spiro atoms. The maximum absolute atomic E-state index is 4.34. The summed E-state index contributed by atoms with van der Waals surface area (Å²) in [5.74, 6) is 0. The highest BCUT2D eigenvalue weighted by Crippen LogP contribution is 2.39. The Morgan fingerprint density at radius 2 is 2.05 bits per heavy atom. The highest BCUT2D eigenvalue weighted by Gasteiger charge is 2.45. The third-order valence-corrected chi connectivity index (χ3v) is 5.46. The van der Waals surface area contributed by atoms with Crippen molar-refractivity contribution >= 4 is 0 Å². The Bertz CT molecular complexity index is 479. The molecule has 1 N–H and O–H groups in total. The van der Waals surface area contributed by atoms with Crippen molar-refractivity contribution in [3.63, 3.8) is 0 Å². The van der Waals surface area contributed by atoms with Crippen LogP contribution >= 0.6 is 0 Å². The second-order valence-electron chi connectivity index (χ2n) is 8.13. The molecule has 2 heterocycles. The molecule has 0 amide bonds. The summed E-state index contributed by atoms with van der Waals surface area (Å²) in [6.07, 6.45) is 9.64. The molecule has 1 aromatic rings. The van der Waals surface area contributed by atoms with Gasteiger partial charge in [-0.3, -0.25) is 9.58 Å². The van der Waals surface area contributed by atoms with Gasteiger partial charge in [0.15, 0.2) is 0 Å². The van der Waals surface area contributed by atoms with Gasteiger partial charge in [0.1, 0.15) is 0 Å². The minimum atomic E-state index is 0.313. The predicted molar refractivity (Wildman–Crippen MR) is 86.1 cm³/mol. The van der Waals surface area contributed by atoms with Crippen LogP contribution in [0.2, 0.25) is 0 Å². The Morgan fingerprint density at radius 3 is 2.62 bits per heavy atom. The van der Waals surface area contributed by atoms with Gasteiger partial charge in [0.25, 0.3) is 0 Å². The summed E-state index contributed by atoms with van der Waals surface area (Å²) < 4.78 is 1.92. The first-order chi connectivity index (χ1) is 9.89. The molecule has 1 unspecified atom stereocenters. The average Bonchev–Trinajstić information content (AvgIpc) is 3.01. The number of piperazine rings is 1. The van der Waals surface area contributed by atoms with Crippen LogP contribution in [-0.2, 0) is 13.6 Å². The van der Waals surface area contributed by atoms with E-state index in [2.05, 4.69) is 42.3 Å². The number of hydrogen-bond donors (Lipinski definition) is 1. The molecule has 118 valence electrons. The molecule has 1 aromatic heterocycles. The molecule has 1 saturated heterocycles. The molecule has 1 saturated carbocycles. The molecule has 0 radical (unpaired) electrons. The van der Waals surface area contributed by atoms with Crippen LogP contribution in [0.25, 0.3) is 0 Å². The lowest BCUT2D eigenvalue weighted by Crippen LogP contribution is -2.65. The highest BCUT2D eigenvalue weighted by molar-refractivity contribution is 5.09.